The van der Waals surface area contributed by atoms with Crippen molar-refractivity contribution < 1.29 is 19.1 Å². The summed E-state index contributed by atoms with van der Waals surface area (Å²) < 4.78 is 12.0. The van der Waals surface area contributed by atoms with Crippen LogP contribution in [0.5, 0.6) is 11.5 Å². The standard InChI is InChI=1S/C21H23ClN6O4/c1-21(2,3)15-10-17(28(27-15)20-24-6-5-7-25-20)26-19(30)12-8-13(22)18(14(9-12)31-4)32-11-16(23)29/h5-10H,11H2,1-4H3,(H2,23,29)(H,26,30). The number of benzene rings is 1. The summed E-state index contributed by atoms with van der Waals surface area (Å²) in [4.78, 5) is 32.5. The molecule has 0 bridgehead atoms. The predicted octanol–water partition coefficient (Wildman–Crippen LogP) is 2.74. The van der Waals surface area contributed by atoms with Crippen LogP contribution in [-0.4, -0.2) is 45.3 Å². The first-order valence-corrected chi connectivity index (χ1v) is 9.96. The molecule has 3 N–H and O–H groups in total. The van der Waals surface area contributed by atoms with Gasteiger partial charge < -0.3 is 20.5 Å². The molecule has 168 valence electrons. The van der Waals surface area contributed by atoms with Gasteiger partial charge in [-0.1, -0.05) is 32.4 Å². The van der Waals surface area contributed by atoms with Crippen molar-refractivity contribution in [1.29, 1.82) is 0 Å². The predicted molar refractivity (Wildman–Crippen MR) is 119 cm³/mol. The molecule has 0 aliphatic rings. The summed E-state index contributed by atoms with van der Waals surface area (Å²) in [6, 6.07) is 6.30. The Kier molecular flexibility index (Phi) is 6.64. The molecule has 32 heavy (non-hydrogen) atoms. The van der Waals surface area contributed by atoms with Crippen molar-refractivity contribution >= 4 is 29.2 Å². The summed E-state index contributed by atoms with van der Waals surface area (Å²) in [5.41, 5.74) is 5.79. The number of hydrogen-bond donors (Lipinski definition) is 2. The molecule has 2 aromatic heterocycles. The molecule has 0 aliphatic carbocycles. The number of rotatable bonds is 7. The Bertz CT molecular complexity index is 1140. The Morgan fingerprint density at radius 2 is 1.88 bits per heavy atom. The van der Waals surface area contributed by atoms with Gasteiger partial charge in [0.1, 0.15) is 5.82 Å². The lowest BCUT2D eigenvalue weighted by Gasteiger charge is -2.13. The van der Waals surface area contributed by atoms with Crippen molar-refractivity contribution in [3.8, 4) is 17.4 Å². The van der Waals surface area contributed by atoms with E-state index in [0.29, 0.717) is 11.8 Å². The summed E-state index contributed by atoms with van der Waals surface area (Å²) in [6.45, 7) is 5.64. The number of amides is 2. The van der Waals surface area contributed by atoms with Crippen molar-refractivity contribution in [3.63, 3.8) is 0 Å². The number of nitrogens with one attached hydrogen (secondary N) is 1. The van der Waals surface area contributed by atoms with E-state index in [1.807, 2.05) is 20.8 Å². The molecule has 0 saturated heterocycles. The van der Waals surface area contributed by atoms with Gasteiger partial charge in [-0.25, -0.2) is 9.97 Å². The van der Waals surface area contributed by atoms with E-state index in [4.69, 9.17) is 26.8 Å². The van der Waals surface area contributed by atoms with Crippen LogP contribution in [0.4, 0.5) is 5.82 Å². The van der Waals surface area contributed by atoms with Gasteiger partial charge in [0, 0.05) is 29.4 Å². The number of halogens is 1. The van der Waals surface area contributed by atoms with Crippen LogP contribution in [0.1, 0.15) is 36.8 Å². The summed E-state index contributed by atoms with van der Waals surface area (Å²) in [5, 5.41) is 7.47. The normalized spacial score (nSPS) is 11.2. The molecule has 3 rings (SSSR count). The number of aromatic nitrogens is 4. The molecule has 0 unspecified atom stereocenters. The van der Waals surface area contributed by atoms with Gasteiger partial charge in [-0.15, -0.1) is 0 Å². The zero-order valence-electron chi connectivity index (χ0n) is 18.0. The molecular weight excluding hydrogens is 436 g/mol. The lowest BCUT2D eigenvalue weighted by molar-refractivity contribution is -0.119. The van der Waals surface area contributed by atoms with Crippen LogP contribution in [0.2, 0.25) is 5.02 Å². The number of carbonyl (C=O) groups excluding carboxylic acids is 2. The molecule has 0 saturated carbocycles. The highest BCUT2D eigenvalue weighted by Gasteiger charge is 2.23. The average Bonchev–Trinajstić information content (AvgIpc) is 3.17. The lowest BCUT2D eigenvalue weighted by atomic mass is 9.92. The Balaban J connectivity index is 1.96. The van der Waals surface area contributed by atoms with Crippen LogP contribution in [0.3, 0.4) is 0 Å². The quantitative estimate of drug-likeness (QED) is 0.555. The zero-order chi connectivity index (χ0) is 23.5. The van der Waals surface area contributed by atoms with E-state index >= 15 is 0 Å². The molecule has 0 aliphatic heterocycles. The summed E-state index contributed by atoms with van der Waals surface area (Å²) >= 11 is 6.26. The monoisotopic (exact) mass is 458 g/mol. The number of nitrogens with two attached hydrogens (primary N) is 1. The maximum Gasteiger partial charge on any atom is 0.257 e. The van der Waals surface area contributed by atoms with Gasteiger partial charge in [-0.2, -0.15) is 9.78 Å². The SMILES string of the molecule is COc1cc(C(=O)Nc2cc(C(C)(C)C)nn2-c2ncccn2)cc(Cl)c1OCC(N)=O. The van der Waals surface area contributed by atoms with E-state index in [0.717, 1.165) is 5.69 Å². The third-order valence-corrected chi connectivity index (χ3v) is 4.59. The number of carbonyl (C=O) groups is 2. The van der Waals surface area contributed by atoms with Crippen LogP contribution >= 0.6 is 11.6 Å². The van der Waals surface area contributed by atoms with Crippen LogP contribution in [-0.2, 0) is 10.2 Å². The minimum absolute atomic E-state index is 0.0889. The molecule has 2 amide bonds. The zero-order valence-corrected chi connectivity index (χ0v) is 18.8. The molecular formula is C21H23ClN6O4. The van der Waals surface area contributed by atoms with E-state index in [1.54, 1.807) is 24.5 Å². The molecule has 0 atom stereocenters. The lowest BCUT2D eigenvalue weighted by Crippen LogP contribution is -2.20. The second-order valence-electron chi connectivity index (χ2n) is 7.82. The first kappa shape index (κ1) is 23.0. The second-order valence-corrected chi connectivity index (χ2v) is 8.23. The number of hydrogen-bond acceptors (Lipinski definition) is 7. The van der Waals surface area contributed by atoms with Crippen molar-refractivity contribution in [3.05, 3.63) is 52.9 Å². The number of anilines is 1. The summed E-state index contributed by atoms with van der Waals surface area (Å²) in [7, 11) is 1.39. The van der Waals surface area contributed by atoms with Crippen molar-refractivity contribution in [2.24, 2.45) is 5.73 Å². The van der Waals surface area contributed by atoms with E-state index < -0.39 is 11.8 Å². The average molecular weight is 459 g/mol. The number of ether oxygens (including phenoxy) is 2. The third kappa shape index (κ3) is 5.14. The Labute approximate surface area is 189 Å². The third-order valence-electron chi connectivity index (χ3n) is 4.31. The van der Waals surface area contributed by atoms with Crippen LogP contribution in [0.25, 0.3) is 5.95 Å². The number of primary amides is 1. The maximum atomic E-state index is 13.0. The Morgan fingerprint density at radius 1 is 1.19 bits per heavy atom. The van der Waals surface area contributed by atoms with E-state index in [9.17, 15) is 9.59 Å². The summed E-state index contributed by atoms with van der Waals surface area (Å²) in [5.74, 6) is -0.152. The van der Waals surface area contributed by atoms with Crippen molar-refractivity contribution in [2.45, 2.75) is 26.2 Å². The highest BCUT2D eigenvalue weighted by molar-refractivity contribution is 6.32. The number of methoxy groups -OCH3 is 1. The second kappa shape index (κ2) is 9.23. The molecule has 10 nitrogen and oxygen atoms in total. The van der Waals surface area contributed by atoms with Gasteiger partial charge >= 0.3 is 0 Å². The fraction of sp³-hybridized carbons (Fsp3) is 0.286. The minimum Gasteiger partial charge on any atom is -0.493 e. The highest BCUT2D eigenvalue weighted by atomic mass is 35.5. The van der Waals surface area contributed by atoms with Crippen molar-refractivity contribution in [2.75, 3.05) is 19.0 Å². The van der Waals surface area contributed by atoms with Gasteiger partial charge in [0.2, 0.25) is 0 Å². The fourth-order valence-electron chi connectivity index (χ4n) is 2.71. The molecule has 0 radical (unpaired) electrons. The summed E-state index contributed by atoms with van der Waals surface area (Å²) in [6.07, 6.45) is 3.17. The molecule has 0 spiro atoms. The van der Waals surface area contributed by atoms with Gasteiger partial charge in [0.25, 0.3) is 17.8 Å². The minimum atomic E-state index is -0.670. The molecule has 0 fully saturated rings. The molecule has 3 aromatic rings. The van der Waals surface area contributed by atoms with E-state index in [2.05, 4.69) is 20.4 Å². The van der Waals surface area contributed by atoms with Crippen LogP contribution < -0.4 is 20.5 Å². The first-order valence-electron chi connectivity index (χ1n) is 9.58. The smallest absolute Gasteiger partial charge is 0.257 e. The molecule has 2 heterocycles. The van der Waals surface area contributed by atoms with Gasteiger partial charge in [-0.3, -0.25) is 9.59 Å². The highest BCUT2D eigenvalue weighted by Crippen LogP contribution is 2.36. The largest absolute Gasteiger partial charge is 0.493 e. The van der Waals surface area contributed by atoms with Gasteiger partial charge in [0.05, 0.1) is 17.8 Å². The van der Waals surface area contributed by atoms with E-state index in [-0.39, 0.29) is 34.1 Å². The maximum absolute atomic E-state index is 13.0. The Hall–Kier alpha value is -3.66. The number of nitrogens with zero attached hydrogens (tertiary/aromatic N) is 4. The van der Waals surface area contributed by atoms with Gasteiger partial charge in [-0.05, 0) is 18.2 Å². The van der Waals surface area contributed by atoms with Crippen LogP contribution in [0, 0.1) is 0 Å². The molecule has 11 heteroatoms. The molecule has 1 aromatic carbocycles. The first-order chi connectivity index (χ1) is 15.1. The van der Waals surface area contributed by atoms with E-state index in [1.165, 1.54) is 23.9 Å². The Morgan fingerprint density at radius 3 is 2.47 bits per heavy atom. The fourth-order valence-corrected chi connectivity index (χ4v) is 2.98. The van der Waals surface area contributed by atoms with Crippen molar-refractivity contribution in [1.82, 2.24) is 19.7 Å². The topological polar surface area (TPSA) is 134 Å². The van der Waals surface area contributed by atoms with Gasteiger partial charge in [0.15, 0.2) is 18.1 Å². The van der Waals surface area contributed by atoms with Crippen LogP contribution in [0.15, 0.2) is 36.7 Å².